The molecule has 1 N–H and O–H groups in total. The van der Waals surface area contributed by atoms with Crippen molar-refractivity contribution in [3.8, 4) is 0 Å². The van der Waals surface area contributed by atoms with Gasteiger partial charge in [-0.25, -0.2) is 0 Å². The molecule has 0 spiro atoms. The third kappa shape index (κ3) is 4.75. The number of amides is 2. The van der Waals surface area contributed by atoms with E-state index in [9.17, 15) is 9.59 Å². The van der Waals surface area contributed by atoms with Crippen LogP contribution in [0.4, 0.5) is 10.8 Å². The topological polar surface area (TPSA) is 91.3 Å². The van der Waals surface area contributed by atoms with Crippen LogP contribution in [0.3, 0.4) is 0 Å². The van der Waals surface area contributed by atoms with Gasteiger partial charge in [0.15, 0.2) is 0 Å². The van der Waals surface area contributed by atoms with Crippen molar-refractivity contribution < 1.29 is 9.59 Å². The van der Waals surface area contributed by atoms with E-state index in [1.165, 1.54) is 17.0 Å². The molecule has 2 aromatic heterocycles. The molecule has 0 aliphatic carbocycles. The molecule has 1 fully saturated rings. The van der Waals surface area contributed by atoms with E-state index in [0.717, 1.165) is 31.6 Å². The molecule has 2 amide bonds. The van der Waals surface area contributed by atoms with E-state index in [4.69, 9.17) is 0 Å². The van der Waals surface area contributed by atoms with Gasteiger partial charge >= 0.3 is 0 Å². The highest BCUT2D eigenvalue weighted by atomic mass is 32.1. The van der Waals surface area contributed by atoms with E-state index in [2.05, 4.69) is 25.4 Å². The van der Waals surface area contributed by atoms with Crippen molar-refractivity contribution in [2.24, 2.45) is 0 Å². The van der Waals surface area contributed by atoms with E-state index in [1.807, 2.05) is 24.1 Å². The van der Waals surface area contributed by atoms with Crippen molar-refractivity contribution in [3.05, 3.63) is 29.5 Å². The van der Waals surface area contributed by atoms with Crippen LogP contribution in [0.5, 0.6) is 0 Å². The molecule has 3 heterocycles. The smallest absolute Gasteiger partial charge is 0.226 e. The molecule has 3 rings (SSSR count). The van der Waals surface area contributed by atoms with Crippen molar-refractivity contribution in [3.63, 3.8) is 0 Å². The first kappa shape index (κ1) is 18.2. The molecule has 9 heteroatoms. The molecule has 8 nitrogen and oxygen atoms in total. The van der Waals surface area contributed by atoms with Gasteiger partial charge in [-0.3, -0.25) is 14.6 Å². The van der Waals surface area contributed by atoms with Crippen LogP contribution in [0.2, 0.25) is 0 Å². The average Bonchev–Trinajstić information content (AvgIpc) is 3.02. The van der Waals surface area contributed by atoms with Crippen molar-refractivity contribution in [1.82, 2.24) is 20.1 Å². The average molecular weight is 374 g/mol. The number of nitrogens with one attached hydrogen (secondary N) is 1. The second-order valence-corrected chi connectivity index (χ2v) is 7.01. The lowest BCUT2D eigenvalue weighted by Crippen LogP contribution is -2.35. The fourth-order valence-corrected chi connectivity index (χ4v) is 3.48. The van der Waals surface area contributed by atoms with E-state index in [-0.39, 0.29) is 24.7 Å². The molecule has 26 heavy (non-hydrogen) atoms. The van der Waals surface area contributed by atoms with Crippen LogP contribution < -0.4 is 10.2 Å². The maximum absolute atomic E-state index is 12.5. The summed E-state index contributed by atoms with van der Waals surface area (Å²) in [6.07, 6.45) is 4.93. The monoisotopic (exact) mass is 374 g/mol. The highest BCUT2D eigenvalue weighted by molar-refractivity contribution is 7.13. The van der Waals surface area contributed by atoms with Gasteiger partial charge in [0, 0.05) is 57.1 Å². The fourth-order valence-electron chi connectivity index (χ4n) is 3.02. The molecule has 0 radical (unpaired) electrons. The van der Waals surface area contributed by atoms with E-state index in [0.29, 0.717) is 11.7 Å². The summed E-state index contributed by atoms with van der Waals surface area (Å²) in [7, 11) is 0. The number of carbonyl (C=O) groups excluding carboxylic acids is 2. The minimum absolute atomic E-state index is 0.0192. The Kier molecular flexibility index (Phi) is 6.11. The lowest BCUT2D eigenvalue weighted by atomic mass is 10.2. The second-order valence-electron chi connectivity index (χ2n) is 6.18. The van der Waals surface area contributed by atoms with Gasteiger partial charge in [-0.2, -0.15) is 0 Å². The summed E-state index contributed by atoms with van der Waals surface area (Å²) in [6.45, 7) is 5.13. The Morgan fingerprint density at radius 2 is 2.12 bits per heavy atom. The molecule has 0 atom stereocenters. The number of anilines is 2. The second kappa shape index (κ2) is 8.70. The Hall–Kier alpha value is -2.55. The van der Waals surface area contributed by atoms with Gasteiger partial charge in [-0.15, -0.1) is 10.2 Å². The van der Waals surface area contributed by atoms with Crippen molar-refractivity contribution >= 4 is 34.0 Å². The van der Waals surface area contributed by atoms with Crippen molar-refractivity contribution in [2.75, 3.05) is 36.4 Å². The van der Waals surface area contributed by atoms with Gasteiger partial charge < -0.3 is 15.1 Å². The van der Waals surface area contributed by atoms with Gasteiger partial charge in [-0.1, -0.05) is 11.3 Å². The number of aryl methyl sites for hydroxylation is 1. The lowest BCUT2D eigenvalue weighted by Gasteiger charge is -2.25. The molecule has 138 valence electrons. The lowest BCUT2D eigenvalue weighted by molar-refractivity contribution is -0.132. The molecule has 0 saturated carbocycles. The maximum Gasteiger partial charge on any atom is 0.226 e. The summed E-state index contributed by atoms with van der Waals surface area (Å²) in [5.41, 5.74) is 3.86. The summed E-state index contributed by atoms with van der Waals surface area (Å²) in [4.78, 5) is 32.6. The van der Waals surface area contributed by atoms with Crippen molar-refractivity contribution in [1.29, 1.82) is 0 Å². The highest BCUT2D eigenvalue weighted by Gasteiger charge is 2.20. The van der Waals surface area contributed by atoms with Crippen LogP contribution in [0, 0.1) is 6.92 Å². The molecule has 1 aliphatic heterocycles. The predicted molar refractivity (Wildman–Crippen MR) is 100 cm³/mol. The van der Waals surface area contributed by atoms with Gasteiger partial charge in [0.25, 0.3) is 0 Å². The highest BCUT2D eigenvalue weighted by Crippen LogP contribution is 2.20. The minimum atomic E-state index is -0.209. The van der Waals surface area contributed by atoms with Gasteiger partial charge in [0.2, 0.25) is 16.9 Å². The predicted octanol–water partition coefficient (Wildman–Crippen LogP) is 1.70. The molecule has 0 unspecified atom stereocenters. The molecular formula is C17H22N6O2S. The summed E-state index contributed by atoms with van der Waals surface area (Å²) in [6, 6.07) is 2.02. The Labute approximate surface area is 156 Å². The Bertz CT molecular complexity index is 751. The number of hydrogen-bond acceptors (Lipinski definition) is 7. The van der Waals surface area contributed by atoms with E-state index < -0.39 is 0 Å². The van der Waals surface area contributed by atoms with E-state index in [1.54, 1.807) is 11.7 Å². The standard InChI is InChI=1S/C17H22N6O2S/c1-13-11-18-6-5-14(13)22-7-2-8-23(10-9-22)16(25)4-3-15(24)20-17-21-19-12-26-17/h5-6,11-12H,2-4,7-10H2,1H3,(H,20,21,24). The van der Waals surface area contributed by atoms with Crippen molar-refractivity contribution in [2.45, 2.75) is 26.2 Å². The molecule has 1 aliphatic rings. The number of rotatable bonds is 5. The Morgan fingerprint density at radius 3 is 2.88 bits per heavy atom. The number of hydrogen-bond donors (Lipinski definition) is 1. The zero-order valence-electron chi connectivity index (χ0n) is 14.7. The van der Waals surface area contributed by atoms with Crippen LogP contribution in [0.25, 0.3) is 0 Å². The summed E-state index contributed by atoms with van der Waals surface area (Å²) in [5, 5.41) is 10.5. The van der Waals surface area contributed by atoms with Crippen LogP contribution in [-0.4, -0.2) is 58.1 Å². The molecule has 2 aromatic rings. The number of carbonyl (C=O) groups is 2. The SMILES string of the molecule is Cc1cnccc1N1CCCN(C(=O)CCC(=O)Nc2nncs2)CC1. The van der Waals surface area contributed by atoms with Crippen LogP contribution >= 0.6 is 11.3 Å². The number of aromatic nitrogens is 3. The number of nitrogens with zero attached hydrogens (tertiary/aromatic N) is 5. The third-order valence-electron chi connectivity index (χ3n) is 4.35. The van der Waals surface area contributed by atoms with Crippen LogP contribution in [0.1, 0.15) is 24.8 Å². The van der Waals surface area contributed by atoms with Gasteiger partial charge in [0.1, 0.15) is 5.51 Å². The van der Waals surface area contributed by atoms with Crippen LogP contribution in [-0.2, 0) is 9.59 Å². The Morgan fingerprint density at radius 1 is 1.23 bits per heavy atom. The zero-order chi connectivity index (χ0) is 18.4. The first-order valence-corrected chi connectivity index (χ1v) is 9.51. The number of pyridine rings is 1. The fraction of sp³-hybridized carbons (Fsp3) is 0.471. The van der Waals surface area contributed by atoms with E-state index >= 15 is 0 Å². The molecular weight excluding hydrogens is 352 g/mol. The molecule has 0 bridgehead atoms. The first-order chi connectivity index (χ1) is 12.6. The summed E-state index contributed by atoms with van der Waals surface area (Å²) < 4.78 is 0. The first-order valence-electron chi connectivity index (χ1n) is 8.63. The summed E-state index contributed by atoms with van der Waals surface area (Å²) in [5.74, 6) is -0.190. The third-order valence-corrected chi connectivity index (χ3v) is 4.96. The van der Waals surface area contributed by atoms with Gasteiger partial charge in [-0.05, 0) is 25.0 Å². The normalized spacial score (nSPS) is 14.8. The van der Waals surface area contributed by atoms with Gasteiger partial charge in [0.05, 0.1) is 0 Å². The zero-order valence-corrected chi connectivity index (χ0v) is 15.5. The maximum atomic E-state index is 12.5. The molecule has 1 saturated heterocycles. The largest absolute Gasteiger partial charge is 0.369 e. The Balaban J connectivity index is 1.48. The summed E-state index contributed by atoms with van der Waals surface area (Å²) >= 11 is 1.26. The van der Waals surface area contributed by atoms with Crippen LogP contribution in [0.15, 0.2) is 24.0 Å². The quantitative estimate of drug-likeness (QED) is 0.856. The minimum Gasteiger partial charge on any atom is -0.369 e. The molecule has 0 aromatic carbocycles.